The summed E-state index contributed by atoms with van der Waals surface area (Å²) < 4.78 is 5.15. The smallest absolute Gasteiger partial charge is 0.148 e. The van der Waals surface area contributed by atoms with Crippen molar-refractivity contribution >= 4 is 11.6 Å². The summed E-state index contributed by atoms with van der Waals surface area (Å²) in [6.45, 7) is 2.00. The molecule has 3 nitrogen and oxygen atoms in total. The van der Waals surface area contributed by atoms with E-state index in [2.05, 4.69) is 9.97 Å². The zero-order valence-electron chi connectivity index (χ0n) is 9.07. The maximum atomic E-state index is 5.81. The van der Waals surface area contributed by atoms with Gasteiger partial charge in [0.1, 0.15) is 10.9 Å². The Morgan fingerprint density at radius 1 is 1.25 bits per heavy atom. The predicted octanol–water partition coefficient (Wildman–Crippen LogP) is 3.11. The second-order valence-electron chi connectivity index (χ2n) is 3.41. The number of nitrogens with zero attached hydrogens (tertiary/aromatic N) is 2. The van der Waals surface area contributed by atoms with E-state index < -0.39 is 0 Å². The van der Waals surface area contributed by atoms with Gasteiger partial charge in [0.15, 0.2) is 0 Å². The first-order valence-electron chi connectivity index (χ1n) is 4.83. The number of benzene rings is 1. The average molecular weight is 235 g/mol. The van der Waals surface area contributed by atoms with E-state index in [-0.39, 0.29) is 0 Å². The van der Waals surface area contributed by atoms with Crippen molar-refractivity contribution < 1.29 is 4.74 Å². The fraction of sp³-hybridized carbons (Fsp3) is 0.167. The van der Waals surface area contributed by atoms with E-state index in [9.17, 15) is 0 Å². The van der Waals surface area contributed by atoms with Crippen molar-refractivity contribution in [3.05, 3.63) is 41.3 Å². The van der Waals surface area contributed by atoms with Gasteiger partial charge in [-0.3, -0.25) is 4.98 Å². The van der Waals surface area contributed by atoms with Crippen LogP contribution < -0.4 is 4.74 Å². The number of ether oxygens (including phenoxy) is 1. The van der Waals surface area contributed by atoms with E-state index in [0.29, 0.717) is 5.15 Å². The molecule has 0 spiro atoms. The molecule has 2 rings (SSSR count). The van der Waals surface area contributed by atoms with Gasteiger partial charge in [-0.1, -0.05) is 11.6 Å². The van der Waals surface area contributed by atoms with Gasteiger partial charge in [0, 0.05) is 5.56 Å². The number of hydrogen-bond acceptors (Lipinski definition) is 3. The van der Waals surface area contributed by atoms with Crippen LogP contribution in [0.25, 0.3) is 11.3 Å². The quantitative estimate of drug-likeness (QED) is 0.801. The molecule has 0 radical (unpaired) electrons. The summed E-state index contributed by atoms with van der Waals surface area (Å²) in [6, 6.07) is 5.80. The highest BCUT2D eigenvalue weighted by Gasteiger charge is 2.05. The zero-order chi connectivity index (χ0) is 11.5. The first-order valence-corrected chi connectivity index (χ1v) is 5.21. The fourth-order valence-corrected chi connectivity index (χ4v) is 1.67. The van der Waals surface area contributed by atoms with Crippen molar-refractivity contribution in [3.8, 4) is 17.0 Å². The lowest BCUT2D eigenvalue weighted by Crippen LogP contribution is -1.90. The third-order valence-electron chi connectivity index (χ3n) is 2.31. The van der Waals surface area contributed by atoms with Gasteiger partial charge < -0.3 is 4.74 Å². The Morgan fingerprint density at radius 2 is 2.06 bits per heavy atom. The number of halogens is 1. The minimum atomic E-state index is 0.396. The Kier molecular flexibility index (Phi) is 3.06. The maximum Gasteiger partial charge on any atom is 0.148 e. The van der Waals surface area contributed by atoms with E-state index in [1.54, 1.807) is 13.3 Å². The van der Waals surface area contributed by atoms with Crippen molar-refractivity contribution in [2.75, 3.05) is 7.11 Å². The molecule has 0 saturated heterocycles. The molecule has 0 fully saturated rings. The normalized spacial score (nSPS) is 10.2. The molecule has 1 aromatic carbocycles. The number of aromatic nitrogens is 2. The number of methoxy groups -OCH3 is 1. The van der Waals surface area contributed by atoms with Crippen molar-refractivity contribution in [2.24, 2.45) is 0 Å². The van der Waals surface area contributed by atoms with Gasteiger partial charge in [0.05, 0.1) is 25.2 Å². The molecule has 0 saturated carbocycles. The molecule has 16 heavy (non-hydrogen) atoms. The standard InChI is InChI=1S/C12H11ClN2O/c1-8-5-9(16-2)3-4-10(8)11-6-14-7-12(13)15-11/h3-7H,1-2H3. The molecule has 2 aromatic rings. The zero-order valence-corrected chi connectivity index (χ0v) is 9.82. The topological polar surface area (TPSA) is 35.0 Å². The fourth-order valence-electron chi connectivity index (χ4n) is 1.52. The molecule has 82 valence electrons. The molecule has 0 amide bonds. The van der Waals surface area contributed by atoms with Crippen LogP contribution in [0.3, 0.4) is 0 Å². The van der Waals surface area contributed by atoms with Crippen LogP contribution in [0.15, 0.2) is 30.6 Å². The van der Waals surface area contributed by atoms with Crippen LogP contribution >= 0.6 is 11.6 Å². The molecule has 0 atom stereocenters. The third kappa shape index (κ3) is 2.14. The van der Waals surface area contributed by atoms with Gasteiger partial charge in [-0.15, -0.1) is 0 Å². The largest absolute Gasteiger partial charge is 0.497 e. The number of aryl methyl sites for hydroxylation is 1. The number of hydrogen-bond donors (Lipinski definition) is 0. The Labute approximate surface area is 99.1 Å². The first-order chi connectivity index (χ1) is 7.70. The molecule has 0 unspecified atom stereocenters. The molecule has 4 heteroatoms. The van der Waals surface area contributed by atoms with E-state index in [4.69, 9.17) is 16.3 Å². The van der Waals surface area contributed by atoms with Crippen LogP contribution in [0.2, 0.25) is 5.15 Å². The summed E-state index contributed by atoms with van der Waals surface area (Å²) in [5.74, 6) is 0.830. The van der Waals surface area contributed by atoms with Gasteiger partial charge in [0.25, 0.3) is 0 Å². The highest BCUT2D eigenvalue weighted by Crippen LogP contribution is 2.25. The molecule has 0 aliphatic heterocycles. The highest BCUT2D eigenvalue weighted by atomic mass is 35.5. The predicted molar refractivity (Wildman–Crippen MR) is 63.8 cm³/mol. The molecular formula is C12H11ClN2O. The lowest BCUT2D eigenvalue weighted by atomic mass is 10.1. The van der Waals surface area contributed by atoms with Crippen molar-refractivity contribution in [1.82, 2.24) is 9.97 Å². The Balaban J connectivity index is 2.48. The van der Waals surface area contributed by atoms with Crippen molar-refractivity contribution in [2.45, 2.75) is 6.92 Å². The van der Waals surface area contributed by atoms with Crippen LogP contribution in [0, 0.1) is 6.92 Å². The van der Waals surface area contributed by atoms with Gasteiger partial charge >= 0.3 is 0 Å². The van der Waals surface area contributed by atoms with Crippen LogP contribution in [0.4, 0.5) is 0 Å². The van der Waals surface area contributed by atoms with Gasteiger partial charge in [0.2, 0.25) is 0 Å². The van der Waals surface area contributed by atoms with E-state index >= 15 is 0 Å². The summed E-state index contributed by atoms with van der Waals surface area (Å²) in [6.07, 6.45) is 3.21. The van der Waals surface area contributed by atoms with E-state index in [1.807, 2.05) is 25.1 Å². The van der Waals surface area contributed by atoms with Crippen LogP contribution in [0.1, 0.15) is 5.56 Å². The Bertz CT molecular complexity index is 514. The summed E-state index contributed by atoms with van der Waals surface area (Å²) in [5.41, 5.74) is 2.86. The van der Waals surface area contributed by atoms with Gasteiger partial charge in [-0.2, -0.15) is 0 Å². The molecule has 0 aliphatic carbocycles. The van der Waals surface area contributed by atoms with E-state index in [0.717, 1.165) is 22.6 Å². The maximum absolute atomic E-state index is 5.81. The average Bonchev–Trinajstić information content (AvgIpc) is 2.28. The van der Waals surface area contributed by atoms with Crippen LogP contribution in [-0.2, 0) is 0 Å². The Hall–Kier alpha value is -1.61. The molecule has 0 aliphatic rings. The van der Waals surface area contributed by atoms with Crippen molar-refractivity contribution in [1.29, 1.82) is 0 Å². The first kappa shape index (κ1) is 10.9. The molecular weight excluding hydrogens is 224 g/mol. The van der Waals surface area contributed by atoms with Crippen LogP contribution in [0.5, 0.6) is 5.75 Å². The number of rotatable bonds is 2. The van der Waals surface area contributed by atoms with Gasteiger partial charge in [-0.05, 0) is 30.7 Å². The van der Waals surface area contributed by atoms with Crippen LogP contribution in [-0.4, -0.2) is 17.1 Å². The minimum absolute atomic E-state index is 0.396. The summed E-state index contributed by atoms with van der Waals surface area (Å²) in [7, 11) is 1.65. The minimum Gasteiger partial charge on any atom is -0.497 e. The summed E-state index contributed by atoms with van der Waals surface area (Å²) in [4.78, 5) is 8.24. The Morgan fingerprint density at radius 3 is 2.69 bits per heavy atom. The SMILES string of the molecule is COc1ccc(-c2cncc(Cl)n2)c(C)c1. The van der Waals surface area contributed by atoms with Gasteiger partial charge in [-0.25, -0.2) is 4.98 Å². The second kappa shape index (κ2) is 4.49. The lowest BCUT2D eigenvalue weighted by Gasteiger charge is -2.07. The molecule has 1 aromatic heterocycles. The van der Waals surface area contributed by atoms with Crippen molar-refractivity contribution in [3.63, 3.8) is 0 Å². The van der Waals surface area contributed by atoms with E-state index in [1.165, 1.54) is 6.20 Å². The third-order valence-corrected chi connectivity index (χ3v) is 2.50. The second-order valence-corrected chi connectivity index (χ2v) is 3.80. The summed E-state index contributed by atoms with van der Waals surface area (Å²) in [5, 5.41) is 0.396. The monoisotopic (exact) mass is 234 g/mol. The lowest BCUT2D eigenvalue weighted by molar-refractivity contribution is 0.414. The summed E-state index contributed by atoms with van der Waals surface area (Å²) >= 11 is 5.81. The molecule has 0 bridgehead atoms. The highest BCUT2D eigenvalue weighted by molar-refractivity contribution is 6.29. The molecule has 1 heterocycles. The molecule has 0 N–H and O–H groups in total.